The fourth-order valence-corrected chi connectivity index (χ4v) is 8.84. The van der Waals surface area contributed by atoms with Gasteiger partial charge in [-0.1, -0.05) is 123 Å². The molecule has 0 N–H and O–H groups in total. The summed E-state index contributed by atoms with van der Waals surface area (Å²) < 4.78 is 4.35. The topological polar surface area (TPSA) is 69.4 Å². The van der Waals surface area contributed by atoms with Crippen LogP contribution in [0.5, 0.6) is 0 Å². The van der Waals surface area contributed by atoms with Gasteiger partial charge in [0.2, 0.25) is 0 Å². The molecule has 9 rings (SSSR count). The van der Waals surface area contributed by atoms with E-state index in [4.69, 9.17) is 24.9 Å². The van der Waals surface area contributed by atoms with Gasteiger partial charge in [-0.2, -0.15) is 0 Å². The van der Waals surface area contributed by atoms with Crippen LogP contribution in [-0.4, -0.2) is 36.8 Å². The van der Waals surface area contributed by atoms with Gasteiger partial charge in [0.25, 0.3) is 0 Å². The maximum Gasteiger partial charge on any atom is 0.164 e. The highest BCUT2D eigenvalue weighted by atomic mass is 32.1. The number of rotatable bonds is 10. The minimum Gasteiger partial charge on any atom is -0.309 e. The number of benzene rings is 5. The highest BCUT2D eigenvalue weighted by molar-refractivity contribution is 7.21. The van der Waals surface area contributed by atoms with Gasteiger partial charge in [-0.05, 0) is 67.0 Å². The zero-order chi connectivity index (χ0) is 39.6. The van der Waals surface area contributed by atoms with Crippen LogP contribution in [0.3, 0.4) is 0 Å². The van der Waals surface area contributed by atoms with E-state index in [1.165, 1.54) is 26.8 Å². The molecule has 5 aromatic carbocycles. The Hall–Kier alpha value is -6.81. The lowest BCUT2D eigenvalue weighted by Gasteiger charge is -2.10. The first-order chi connectivity index (χ1) is 28.5. The van der Waals surface area contributed by atoms with Gasteiger partial charge in [0.05, 0.1) is 26.6 Å². The number of nitrogens with zero attached hydrogens (tertiary/aromatic N) is 6. The second-order valence-corrected chi connectivity index (χ2v) is 15.9. The SMILES string of the molecule is C=C(/C=C(\C=C/C)n1c2ccccc2c2cc(-c3nc4ccccc4s3)ccc21)c1n/c(=C/C=C(\BC)c2nc(-c3ccccc3)nc(-c3ccccc3)n2)c(=C)s1. The lowest BCUT2D eigenvalue weighted by Crippen LogP contribution is -2.18. The summed E-state index contributed by atoms with van der Waals surface area (Å²) in [6, 6.07) is 43.6. The van der Waals surface area contributed by atoms with Crippen molar-refractivity contribution < 1.29 is 0 Å². The van der Waals surface area contributed by atoms with Crippen molar-refractivity contribution in [2.45, 2.75) is 13.7 Å². The molecule has 0 aliphatic heterocycles. The molecule has 0 aliphatic rings. The summed E-state index contributed by atoms with van der Waals surface area (Å²) in [6.07, 6.45) is 10.4. The molecule has 6 nitrogen and oxygen atoms in total. The molecule has 278 valence electrons. The predicted octanol–water partition coefficient (Wildman–Crippen LogP) is 10.9. The maximum absolute atomic E-state index is 5.04. The van der Waals surface area contributed by atoms with Crippen molar-refractivity contribution in [3.05, 3.63) is 179 Å². The Bertz CT molecular complexity index is 3120. The average Bonchev–Trinajstić information content (AvgIpc) is 3.97. The summed E-state index contributed by atoms with van der Waals surface area (Å²) in [4.78, 5) is 24.7. The molecule has 0 unspecified atom stereocenters. The van der Waals surface area contributed by atoms with Gasteiger partial charge in [-0.3, -0.25) is 0 Å². The Balaban J connectivity index is 1.08. The Labute approximate surface area is 345 Å². The molecular formula is C49H37BN6S2. The number of hydrogen-bond acceptors (Lipinski definition) is 7. The van der Waals surface area contributed by atoms with E-state index in [1.54, 1.807) is 11.3 Å². The number of thiazole rings is 2. The minimum absolute atomic E-state index is 0.634. The zero-order valence-electron chi connectivity index (χ0n) is 32.1. The van der Waals surface area contributed by atoms with Gasteiger partial charge in [0.1, 0.15) is 10.0 Å². The Morgan fingerprint density at radius 2 is 1.36 bits per heavy atom. The van der Waals surface area contributed by atoms with Gasteiger partial charge >= 0.3 is 0 Å². The summed E-state index contributed by atoms with van der Waals surface area (Å²) >= 11 is 3.26. The average molecular weight is 785 g/mol. The molecular weight excluding hydrogens is 748 g/mol. The first-order valence-corrected chi connectivity index (χ1v) is 20.8. The Morgan fingerprint density at radius 1 is 0.690 bits per heavy atom. The van der Waals surface area contributed by atoms with Gasteiger partial charge < -0.3 is 4.57 Å². The summed E-state index contributed by atoms with van der Waals surface area (Å²) in [6.45, 7) is 13.0. The third-order valence-electron chi connectivity index (χ3n) is 9.94. The summed E-state index contributed by atoms with van der Waals surface area (Å²) in [5, 5.41) is 4.95. The van der Waals surface area contributed by atoms with Crippen LogP contribution < -0.4 is 9.88 Å². The van der Waals surface area contributed by atoms with E-state index in [1.807, 2.05) is 79.7 Å². The van der Waals surface area contributed by atoms with Crippen LogP contribution in [0.25, 0.3) is 94.8 Å². The van der Waals surface area contributed by atoms with Gasteiger partial charge in [0, 0.05) is 43.3 Å². The van der Waals surface area contributed by atoms with Crippen LogP contribution in [-0.2, 0) is 0 Å². The maximum atomic E-state index is 5.04. The summed E-state index contributed by atoms with van der Waals surface area (Å²) in [7, 11) is 0.718. The fraction of sp³-hybridized carbons (Fsp3) is 0.0408. The first-order valence-electron chi connectivity index (χ1n) is 19.1. The highest BCUT2D eigenvalue weighted by Crippen LogP contribution is 2.37. The molecule has 0 atom stereocenters. The van der Waals surface area contributed by atoms with Crippen molar-refractivity contribution >= 4 is 91.4 Å². The Kier molecular flexibility index (Phi) is 10.1. The lowest BCUT2D eigenvalue weighted by molar-refractivity contribution is 1.04. The number of allylic oxidation sites excluding steroid dienone is 6. The quantitative estimate of drug-likeness (QED) is 0.102. The molecule has 9 aromatic rings. The second kappa shape index (κ2) is 16.0. The fourth-order valence-electron chi connectivity index (χ4n) is 7.09. The number of hydrogen-bond donors (Lipinski definition) is 0. The second-order valence-electron chi connectivity index (χ2n) is 13.7. The molecule has 4 heterocycles. The predicted molar refractivity (Wildman–Crippen MR) is 249 cm³/mol. The van der Waals surface area contributed by atoms with Gasteiger partial charge in [0.15, 0.2) is 24.8 Å². The Morgan fingerprint density at radius 3 is 2.07 bits per heavy atom. The van der Waals surface area contributed by atoms with Crippen molar-refractivity contribution in [3.63, 3.8) is 0 Å². The smallest absolute Gasteiger partial charge is 0.164 e. The molecule has 58 heavy (non-hydrogen) atoms. The van der Waals surface area contributed by atoms with E-state index in [-0.39, 0.29) is 0 Å². The molecule has 0 spiro atoms. The zero-order valence-corrected chi connectivity index (χ0v) is 33.8. The third-order valence-corrected chi connectivity index (χ3v) is 12.0. The van der Waals surface area contributed by atoms with E-state index in [9.17, 15) is 0 Å². The van der Waals surface area contributed by atoms with Crippen LogP contribution in [0.1, 0.15) is 17.8 Å². The third kappa shape index (κ3) is 7.18. The molecule has 0 aliphatic carbocycles. The van der Waals surface area contributed by atoms with Crippen molar-refractivity contribution in [1.82, 2.24) is 29.5 Å². The number of para-hydroxylation sites is 2. The van der Waals surface area contributed by atoms with E-state index in [2.05, 4.69) is 110 Å². The lowest BCUT2D eigenvalue weighted by atomic mass is 9.71. The van der Waals surface area contributed by atoms with E-state index in [0.29, 0.717) is 17.5 Å². The molecule has 0 saturated heterocycles. The molecule has 4 aromatic heterocycles. The van der Waals surface area contributed by atoms with E-state index >= 15 is 0 Å². The van der Waals surface area contributed by atoms with Crippen molar-refractivity contribution in [1.29, 1.82) is 0 Å². The molecule has 0 amide bonds. The molecule has 0 radical (unpaired) electrons. The van der Waals surface area contributed by atoms with Crippen LogP contribution >= 0.6 is 22.7 Å². The molecule has 9 heteroatoms. The molecule has 0 bridgehead atoms. The minimum atomic E-state index is 0.634. The summed E-state index contributed by atoms with van der Waals surface area (Å²) in [5.74, 6) is 1.90. The number of fused-ring (bicyclic) bond motifs is 4. The standard InChI is InChI=1S/C49H37BN6S2/c1-5-16-36(56-42-23-14-12-21-37(42)38-30-35(25-28-43(38)56)49-52-41-22-13-15-24-44(41)58-49)29-31(2)48-51-40(32(3)57-48)27-26-39(50-4)47-54-45(33-17-8-6-9-18-33)53-46(55-47)34-19-10-7-11-20-34/h5-30,50H,2-3H2,1,4H3/b16-5-,36-29+,39-26-,40-27+. The normalized spacial score (nSPS) is 12.7. The highest BCUT2D eigenvalue weighted by Gasteiger charge is 2.17. The first kappa shape index (κ1) is 36.8. The van der Waals surface area contributed by atoms with Crippen molar-refractivity contribution in [2.24, 2.45) is 0 Å². The monoisotopic (exact) mass is 784 g/mol. The van der Waals surface area contributed by atoms with E-state index < -0.39 is 0 Å². The largest absolute Gasteiger partial charge is 0.309 e. The van der Waals surface area contributed by atoms with Crippen LogP contribution in [0, 0.1) is 0 Å². The molecule has 0 fully saturated rings. The van der Waals surface area contributed by atoms with Crippen LogP contribution in [0.15, 0.2) is 158 Å². The number of aromatic nitrogens is 6. The van der Waals surface area contributed by atoms with Gasteiger partial charge in [-0.15, -0.1) is 22.7 Å². The van der Waals surface area contributed by atoms with Crippen LogP contribution in [0.2, 0.25) is 6.82 Å². The van der Waals surface area contributed by atoms with Crippen LogP contribution in [0.4, 0.5) is 0 Å². The van der Waals surface area contributed by atoms with Crippen molar-refractivity contribution in [3.8, 4) is 33.3 Å². The van der Waals surface area contributed by atoms with E-state index in [0.717, 1.165) is 77.2 Å². The van der Waals surface area contributed by atoms with Crippen molar-refractivity contribution in [2.75, 3.05) is 0 Å². The van der Waals surface area contributed by atoms with Gasteiger partial charge in [-0.25, -0.2) is 24.9 Å². The molecule has 0 saturated carbocycles. The summed E-state index contributed by atoms with van der Waals surface area (Å²) in [5.41, 5.74) is 8.99.